The van der Waals surface area contributed by atoms with Gasteiger partial charge in [0.1, 0.15) is 6.10 Å². The highest BCUT2D eigenvalue weighted by atomic mass is 16.5. The van der Waals surface area contributed by atoms with Crippen LogP contribution in [0.1, 0.15) is 57.8 Å². The molecule has 2 aliphatic carbocycles. The molecule has 0 aromatic heterocycles. The number of esters is 1. The van der Waals surface area contributed by atoms with Gasteiger partial charge in [0.2, 0.25) is 0 Å². The topological polar surface area (TPSA) is 52.3 Å². The fourth-order valence-electron chi connectivity index (χ4n) is 2.80. The van der Waals surface area contributed by atoms with E-state index in [1.54, 1.807) is 0 Å². The second-order valence-corrected chi connectivity index (χ2v) is 5.31. The molecule has 0 radical (unpaired) electrons. The predicted molar refractivity (Wildman–Crippen MR) is 62.9 cm³/mol. The fourth-order valence-corrected chi connectivity index (χ4v) is 2.80. The third-order valence-corrected chi connectivity index (χ3v) is 3.94. The lowest BCUT2D eigenvalue weighted by Crippen LogP contribution is -2.32. The van der Waals surface area contributed by atoms with Crippen molar-refractivity contribution in [3.63, 3.8) is 0 Å². The molecule has 2 rings (SSSR count). The van der Waals surface area contributed by atoms with Gasteiger partial charge < -0.3 is 10.5 Å². The molecule has 0 heterocycles. The van der Waals surface area contributed by atoms with Crippen molar-refractivity contribution in [1.29, 1.82) is 0 Å². The number of ether oxygens (including phenoxy) is 1. The van der Waals surface area contributed by atoms with Crippen LogP contribution in [-0.2, 0) is 9.53 Å². The summed E-state index contributed by atoms with van der Waals surface area (Å²) in [5.74, 6) is 0.167. The summed E-state index contributed by atoms with van der Waals surface area (Å²) in [4.78, 5) is 11.9. The molecule has 3 heteroatoms. The Morgan fingerprint density at radius 1 is 0.938 bits per heavy atom. The third-order valence-electron chi connectivity index (χ3n) is 3.94. The second-order valence-electron chi connectivity index (χ2n) is 5.31. The Morgan fingerprint density at radius 3 is 2.19 bits per heavy atom. The number of nitrogens with two attached hydrogens (primary N) is 1. The molecule has 16 heavy (non-hydrogen) atoms. The molecule has 2 saturated carbocycles. The van der Waals surface area contributed by atoms with Crippen LogP contribution in [0.2, 0.25) is 0 Å². The summed E-state index contributed by atoms with van der Waals surface area (Å²) in [5.41, 5.74) is 5.83. The van der Waals surface area contributed by atoms with E-state index < -0.39 is 0 Å². The summed E-state index contributed by atoms with van der Waals surface area (Å²) < 4.78 is 5.59. The van der Waals surface area contributed by atoms with Gasteiger partial charge in [-0.15, -0.1) is 0 Å². The van der Waals surface area contributed by atoms with E-state index in [2.05, 4.69) is 0 Å². The van der Waals surface area contributed by atoms with Crippen molar-refractivity contribution in [2.75, 3.05) is 0 Å². The van der Waals surface area contributed by atoms with Crippen molar-refractivity contribution < 1.29 is 9.53 Å². The highest BCUT2D eigenvalue weighted by molar-refractivity contribution is 5.72. The van der Waals surface area contributed by atoms with E-state index in [0.717, 1.165) is 38.5 Å². The summed E-state index contributed by atoms with van der Waals surface area (Å²) in [6.45, 7) is 0. The first-order valence-electron chi connectivity index (χ1n) is 6.72. The van der Waals surface area contributed by atoms with Crippen LogP contribution in [0.15, 0.2) is 0 Å². The minimum Gasteiger partial charge on any atom is -0.462 e. The molecule has 0 atom stereocenters. The van der Waals surface area contributed by atoms with Crippen molar-refractivity contribution in [2.45, 2.75) is 69.9 Å². The highest BCUT2D eigenvalue weighted by Crippen LogP contribution is 2.27. The van der Waals surface area contributed by atoms with Crippen molar-refractivity contribution >= 4 is 5.97 Å². The van der Waals surface area contributed by atoms with Crippen LogP contribution in [0.4, 0.5) is 0 Å². The molecule has 0 bridgehead atoms. The quantitative estimate of drug-likeness (QED) is 0.734. The maximum atomic E-state index is 11.9. The minimum absolute atomic E-state index is 0.0406. The van der Waals surface area contributed by atoms with Gasteiger partial charge in [0, 0.05) is 6.04 Å². The molecule has 3 nitrogen and oxygen atoms in total. The van der Waals surface area contributed by atoms with Gasteiger partial charge in [0.25, 0.3) is 0 Å². The number of hydrogen-bond donors (Lipinski definition) is 1. The van der Waals surface area contributed by atoms with Crippen molar-refractivity contribution in [3.05, 3.63) is 0 Å². The molecule has 0 aromatic carbocycles. The van der Waals surface area contributed by atoms with Crippen molar-refractivity contribution in [3.8, 4) is 0 Å². The van der Waals surface area contributed by atoms with Crippen LogP contribution in [0.25, 0.3) is 0 Å². The summed E-state index contributed by atoms with van der Waals surface area (Å²) in [6, 6.07) is 0.304. The minimum atomic E-state index is 0.0406. The van der Waals surface area contributed by atoms with Gasteiger partial charge in [-0.2, -0.15) is 0 Å². The largest absolute Gasteiger partial charge is 0.462 e. The molecule has 92 valence electrons. The van der Waals surface area contributed by atoms with Crippen LogP contribution >= 0.6 is 0 Å². The normalized spacial score (nSPS) is 32.3. The van der Waals surface area contributed by atoms with Gasteiger partial charge in [-0.3, -0.25) is 4.79 Å². The Bertz CT molecular complexity index is 228. The first-order valence-corrected chi connectivity index (χ1v) is 6.72. The zero-order chi connectivity index (χ0) is 11.4. The predicted octanol–water partition coefficient (Wildman–Crippen LogP) is 2.38. The Hall–Kier alpha value is -0.570. The zero-order valence-corrected chi connectivity index (χ0v) is 9.99. The molecule has 0 spiro atoms. The molecule has 0 amide bonds. The van der Waals surface area contributed by atoms with Crippen molar-refractivity contribution in [2.24, 2.45) is 11.7 Å². The molecular weight excluding hydrogens is 202 g/mol. The van der Waals surface area contributed by atoms with E-state index in [-0.39, 0.29) is 18.0 Å². The van der Waals surface area contributed by atoms with E-state index in [0.29, 0.717) is 6.04 Å². The lowest BCUT2D eigenvalue weighted by Gasteiger charge is -2.28. The Morgan fingerprint density at radius 2 is 1.56 bits per heavy atom. The van der Waals surface area contributed by atoms with Gasteiger partial charge in [-0.1, -0.05) is 6.42 Å². The summed E-state index contributed by atoms with van der Waals surface area (Å²) in [5, 5.41) is 0. The average Bonchev–Trinajstić information content (AvgIpc) is 2.31. The smallest absolute Gasteiger partial charge is 0.309 e. The van der Waals surface area contributed by atoms with Gasteiger partial charge in [0.05, 0.1) is 5.92 Å². The first-order chi connectivity index (χ1) is 7.75. The molecule has 0 aliphatic heterocycles. The molecular formula is C13H23NO2. The van der Waals surface area contributed by atoms with E-state index in [9.17, 15) is 4.79 Å². The molecule has 2 N–H and O–H groups in total. The van der Waals surface area contributed by atoms with E-state index >= 15 is 0 Å². The van der Waals surface area contributed by atoms with Gasteiger partial charge in [-0.25, -0.2) is 0 Å². The number of rotatable bonds is 2. The van der Waals surface area contributed by atoms with Crippen LogP contribution in [0.3, 0.4) is 0 Å². The van der Waals surface area contributed by atoms with Crippen LogP contribution in [0, 0.1) is 5.92 Å². The average molecular weight is 225 g/mol. The maximum Gasteiger partial charge on any atom is 0.309 e. The highest BCUT2D eigenvalue weighted by Gasteiger charge is 2.28. The Balaban J connectivity index is 1.74. The number of hydrogen-bond acceptors (Lipinski definition) is 3. The molecule has 2 aliphatic rings. The molecule has 0 saturated heterocycles. The zero-order valence-electron chi connectivity index (χ0n) is 9.99. The third kappa shape index (κ3) is 3.21. The van der Waals surface area contributed by atoms with Gasteiger partial charge in [-0.05, 0) is 51.4 Å². The Kier molecular flexibility index (Phi) is 4.22. The molecule has 0 aromatic rings. The Labute approximate surface area is 97.7 Å². The lowest BCUT2D eigenvalue weighted by molar-refractivity contribution is -0.156. The summed E-state index contributed by atoms with van der Waals surface area (Å²) in [7, 11) is 0. The van der Waals surface area contributed by atoms with E-state index in [1.165, 1.54) is 19.3 Å². The standard InChI is InChI=1S/C13H23NO2/c14-11-8-6-10(7-9-11)13(15)16-12-4-2-1-3-5-12/h10-12H,1-9,14H2. The second kappa shape index (κ2) is 5.67. The summed E-state index contributed by atoms with van der Waals surface area (Å²) >= 11 is 0. The van der Waals surface area contributed by atoms with E-state index in [1.807, 2.05) is 0 Å². The van der Waals surface area contributed by atoms with Crippen LogP contribution < -0.4 is 5.73 Å². The summed E-state index contributed by atoms with van der Waals surface area (Å²) in [6.07, 6.45) is 9.87. The van der Waals surface area contributed by atoms with Crippen LogP contribution in [0.5, 0.6) is 0 Å². The van der Waals surface area contributed by atoms with E-state index in [4.69, 9.17) is 10.5 Å². The van der Waals surface area contributed by atoms with Crippen LogP contribution in [-0.4, -0.2) is 18.1 Å². The number of carbonyl (C=O) groups excluding carboxylic acids is 1. The van der Waals surface area contributed by atoms with Gasteiger partial charge in [0.15, 0.2) is 0 Å². The number of carbonyl (C=O) groups is 1. The van der Waals surface area contributed by atoms with Gasteiger partial charge >= 0.3 is 5.97 Å². The fraction of sp³-hybridized carbons (Fsp3) is 0.923. The maximum absolute atomic E-state index is 11.9. The monoisotopic (exact) mass is 225 g/mol. The molecule has 2 fully saturated rings. The van der Waals surface area contributed by atoms with Crippen molar-refractivity contribution in [1.82, 2.24) is 0 Å². The first kappa shape index (κ1) is 11.9. The molecule has 0 unspecified atom stereocenters. The SMILES string of the molecule is NC1CCC(C(=O)OC2CCCCC2)CC1. The lowest BCUT2D eigenvalue weighted by atomic mass is 9.86.